The summed E-state index contributed by atoms with van der Waals surface area (Å²) in [6.07, 6.45) is 8.72. The molecule has 1 saturated carbocycles. The number of nitrogens with one attached hydrogen (secondary N) is 1. The van der Waals surface area contributed by atoms with Crippen LogP contribution in [0.25, 0.3) is 0 Å². The van der Waals surface area contributed by atoms with Crippen LogP contribution in [-0.4, -0.2) is 22.6 Å². The SMILES string of the molecule is CCCOc1ncnc(NC2CCCC(CC)C2)c1N. The maximum atomic E-state index is 6.10. The second-order valence-corrected chi connectivity index (χ2v) is 5.57. The fraction of sp³-hybridized carbons (Fsp3) is 0.733. The molecule has 2 atom stereocenters. The lowest BCUT2D eigenvalue weighted by Gasteiger charge is -2.29. The molecule has 0 aromatic carbocycles. The van der Waals surface area contributed by atoms with Gasteiger partial charge in [-0.05, 0) is 25.2 Å². The second kappa shape index (κ2) is 7.31. The highest BCUT2D eigenvalue weighted by molar-refractivity contribution is 5.66. The zero-order valence-electron chi connectivity index (χ0n) is 12.6. The van der Waals surface area contributed by atoms with Crippen LogP contribution in [0.4, 0.5) is 11.5 Å². The number of hydrogen-bond donors (Lipinski definition) is 2. The summed E-state index contributed by atoms with van der Waals surface area (Å²) in [5.74, 6) is 2.03. The fourth-order valence-corrected chi connectivity index (χ4v) is 2.79. The summed E-state index contributed by atoms with van der Waals surface area (Å²) in [5, 5.41) is 3.47. The van der Waals surface area contributed by atoms with Gasteiger partial charge in [-0.1, -0.05) is 33.1 Å². The Bertz CT molecular complexity index is 424. The fourth-order valence-electron chi connectivity index (χ4n) is 2.79. The molecule has 5 heteroatoms. The quantitative estimate of drug-likeness (QED) is 0.835. The first-order valence-corrected chi connectivity index (χ1v) is 7.74. The van der Waals surface area contributed by atoms with Crippen molar-refractivity contribution in [2.75, 3.05) is 17.7 Å². The normalized spacial score (nSPS) is 22.5. The molecule has 0 aliphatic heterocycles. The van der Waals surface area contributed by atoms with E-state index in [4.69, 9.17) is 10.5 Å². The molecule has 1 aromatic heterocycles. The number of aromatic nitrogens is 2. The van der Waals surface area contributed by atoms with Crippen LogP contribution in [0, 0.1) is 5.92 Å². The minimum atomic E-state index is 0.463. The van der Waals surface area contributed by atoms with E-state index in [2.05, 4.69) is 29.1 Å². The minimum absolute atomic E-state index is 0.463. The highest BCUT2D eigenvalue weighted by Gasteiger charge is 2.22. The van der Waals surface area contributed by atoms with E-state index in [9.17, 15) is 0 Å². The zero-order valence-corrected chi connectivity index (χ0v) is 12.6. The molecule has 1 fully saturated rings. The summed E-state index contributed by atoms with van der Waals surface area (Å²) >= 11 is 0. The van der Waals surface area contributed by atoms with Crippen molar-refractivity contribution in [3.8, 4) is 5.88 Å². The number of nitrogen functional groups attached to an aromatic ring is 1. The molecule has 1 aromatic rings. The van der Waals surface area contributed by atoms with Crippen molar-refractivity contribution < 1.29 is 4.74 Å². The Morgan fingerprint density at radius 3 is 2.95 bits per heavy atom. The third-order valence-electron chi connectivity index (χ3n) is 3.99. The van der Waals surface area contributed by atoms with Gasteiger partial charge in [0.25, 0.3) is 0 Å². The first-order valence-electron chi connectivity index (χ1n) is 7.74. The van der Waals surface area contributed by atoms with Gasteiger partial charge in [0.05, 0.1) is 6.61 Å². The Morgan fingerprint density at radius 1 is 1.35 bits per heavy atom. The summed E-state index contributed by atoms with van der Waals surface area (Å²) in [5.41, 5.74) is 6.62. The van der Waals surface area contributed by atoms with E-state index in [-0.39, 0.29) is 0 Å². The third kappa shape index (κ3) is 3.74. The van der Waals surface area contributed by atoms with Gasteiger partial charge in [0.15, 0.2) is 5.82 Å². The van der Waals surface area contributed by atoms with Gasteiger partial charge in [-0.15, -0.1) is 0 Å². The molecular weight excluding hydrogens is 252 g/mol. The molecule has 5 nitrogen and oxygen atoms in total. The maximum absolute atomic E-state index is 6.10. The van der Waals surface area contributed by atoms with Gasteiger partial charge in [-0.25, -0.2) is 4.98 Å². The van der Waals surface area contributed by atoms with E-state index >= 15 is 0 Å². The summed E-state index contributed by atoms with van der Waals surface area (Å²) in [6.45, 7) is 4.95. The smallest absolute Gasteiger partial charge is 0.242 e. The molecule has 0 radical (unpaired) electrons. The Labute approximate surface area is 121 Å². The average molecular weight is 278 g/mol. The topological polar surface area (TPSA) is 73.1 Å². The maximum Gasteiger partial charge on any atom is 0.242 e. The average Bonchev–Trinajstić information content (AvgIpc) is 2.48. The van der Waals surface area contributed by atoms with Crippen molar-refractivity contribution >= 4 is 11.5 Å². The molecule has 1 aliphatic carbocycles. The van der Waals surface area contributed by atoms with Crippen LogP contribution in [0.15, 0.2) is 6.33 Å². The van der Waals surface area contributed by atoms with Crippen LogP contribution in [-0.2, 0) is 0 Å². The summed E-state index contributed by atoms with van der Waals surface area (Å²) in [4.78, 5) is 8.37. The van der Waals surface area contributed by atoms with Crippen molar-refractivity contribution in [2.45, 2.75) is 58.4 Å². The molecule has 0 amide bonds. The molecule has 0 saturated heterocycles. The first-order chi connectivity index (χ1) is 9.74. The molecule has 1 heterocycles. The Hall–Kier alpha value is -1.52. The van der Waals surface area contributed by atoms with Crippen LogP contribution < -0.4 is 15.8 Å². The van der Waals surface area contributed by atoms with E-state index in [0.29, 0.717) is 30.0 Å². The third-order valence-corrected chi connectivity index (χ3v) is 3.99. The lowest BCUT2D eigenvalue weighted by atomic mass is 9.84. The molecule has 2 unspecified atom stereocenters. The van der Waals surface area contributed by atoms with Gasteiger partial charge in [0.1, 0.15) is 12.0 Å². The van der Waals surface area contributed by atoms with E-state index in [1.807, 2.05) is 0 Å². The van der Waals surface area contributed by atoms with Crippen LogP contribution >= 0.6 is 0 Å². The first kappa shape index (κ1) is 14.9. The Balaban J connectivity index is 2.01. The standard InChI is InChI=1S/C15H26N4O/c1-3-8-20-15-13(16)14(17-10-18-15)19-12-7-5-6-11(4-2)9-12/h10-12H,3-9,16H2,1-2H3,(H,17,18,19). The van der Waals surface area contributed by atoms with Crippen molar-refractivity contribution in [1.29, 1.82) is 0 Å². The zero-order chi connectivity index (χ0) is 14.4. The minimum Gasteiger partial charge on any atom is -0.476 e. The van der Waals surface area contributed by atoms with Crippen molar-refractivity contribution in [1.82, 2.24) is 9.97 Å². The second-order valence-electron chi connectivity index (χ2n) is 5.57. The van der Waals surface area contributed by atoms with Crippen LogP contribution in [0.2, 0.25) is 0 Å². The van der Waals surface area contributed by atoms with Gasteiger partial charge in [0, 0.05) is 6.04 Å². The summed E-state index contributed by atoms with van der Waals surface area (Å²) in [7, 11) is 0. The van der Waals surface area contributed by atoms with Crippen molar-refractivity contribution in [3.63, 3.8) is 0 Å². The van der Waals surface area contributed by atoms with Gasteiger partial charge in [0.2, 0.25) is 5.88 Å². The number of nitrogens with zero attached hydrogens (tertiary/aromatic N) is 2. The molecule has 3 N–H and O–H groups in total. The highest BCUT2D eigenvalue weighted by Crippen LogP contribution is 2.31. The van der Waals surface area contributed by atoms with Gasteiger partial charge in [-0.2, -0.15) is 4.98 Å². The summed E-state index contributed by atoms with van der Waals surface area (Å²) in [6, 6.07) is 0.463. The Kier molecular flexibility index (Phi) is 5.44. The lowest BCUT2D eigenvalue weighted by molar-refractivity contribution is 0.306. The van der Waals surface area contributed by atoms with E-state index < -0.39 is 0 Å². The molecule has 2 rings (SSSR count). The van der Waals surface area contributed by atoms with E-state index in [0.717, 1.165) is 12.3 Å². The van der Waals surface area contributed by atoms with Gasteiger partial charge >= 0.3 is 0 Å². The number of hydrogen-bond acceptors (Lipinski definition) is 5. The number of rotatable bonds is 6. The van der Waals surface area contributed by atoms with E-state index in [1.165, 1.54) is 38.4 Å². The molecule has 0 spiro atoms. The van der Waals surface area contributed by atoms with Gasteiger partial charge in [-0.3, -0.25) is 0 Å². The van der Waals surface area contributed by atoms with Crippen LogP contribution in [0.1, 0.15) is 52.4 Å². The number of nitrogens with two attached hydrogens (primary N) is 1. The predicted molar refractivity (Wildman–Crippen MR) is 81.9 cm³/mol. The molecule has 20 heavy (non-hydrogen) atoms. The summed E-state index contributed by atoms with van der Waals surface area (Å²) < 4.78 is 5.54. The predicted octanol–water partition coefficient (Wildman–Crippen LogP) is 3.23. The monoisotopic (exact) mass is 278 g/mol. The molecule has 0 bridgehead atoms. The van der Waals surface area contributed by atoms with Crippen LogP contribution in [0.5, 0.6) is 5.88 Å². The number of anilines is 2. The highest BCUT2D eigenvalue weighted by atomic mass is 16.5. The molecule has 112 valence electrons. The van der Waals surface area contributed by atoms with Crippen LogP contribution in [0.3, 0.4) is 0 Å². The number of ether oxygens (including phenoxy) is 1. The Morgan fingerprint density at radius 2 is 2.20 bits per heavy atom. The van der Waals surface area contributed by atoms with E-state index in [1.54, 1.807) is 0 Å². The lowest BCUT2D eigenvalue weighted by Crippen LogP contribution is -2.28. The molecular formula is C15H26N4O. The molecule has 1 aliphatic rings. The van der Waals surface area contributed by atoms with Gasteiger partial charge < -0.3 is 15.8 Å². The largest absolute Gasteiger partial charge is 0.476 e. The van der Waals surface area contributed by atoms with Crippen molar-refractivity contribution in [2.24, 2.45) is 5.92 Å². The van der Waals surface area contributed by atoms with Crippen molar-refractivity contribution in [3.05, 3.63) is 6.33 Å².